The van der Waals surface area contributed by atoms with E-state index in [1.807, 2.05) is 65.2 Å². The molecule has 1 fully saturated rings. The van der Waals surface area contributed by atoms with E-state index in [2.05, 4.69) is 4.98 Å². The number of nitrogens with zero attached hydrogens (tertiary/aromatic N) is 2. The van der Waals surface area contributed by atoms with Crippen LogP contribution in [0.15, 0.2) is 73.1 Å². The van der Waals surface area contributed by atoms with E-state index in [0.717, 1.165) is 11.1 Å². The number of imidazole rings is 1. The van der Waals surface area contributed by atoms with Crippen molar-refractivity contribution in [1.29, 1.82) is 0 Å². The molecule has 2 heterocycles. The first-order valence-electron chi connectivity index (χ1n) is 9.12. The molecule has 3 aromatic rings. The lowest BCUT2D eigenvalue weighted by atomic mass is 9.72. The highest BCUT2D eigenvalue weighted by Gasteiger charge is 2.51. The van der Waals surface area contributed by atoms with Gasteiger partial charge in [-0.05, 0) is 18.1 Å². The SMILES string of the molecule is CC(O)c1nccn1CC1CC(c2ccccc2)(c2ccccc2)C(=O)O1. The summed E-state index contributed by atoms with van der Waals surface area (Å²) in [4.78, 5) is 17.4. The van der Waals surface area contributed by atoms with Crippen LogP contribution in [0.25, 0.3) is 0 Å². The van der Waals surface area contributed by atoms with E-state index < -0.39 is 11.5 Å². The summed E-state index contributed by atoms with van der Waals surface area (Å²) in [7, 11) is 0. The van der Waals surface area contributed by atoms with E-state index in [9.17, 15) is 9.90 Å². The quantitative estimate of drug-likeness (QED) is 0.708. The molecule has 2 unspecified atom stereocenters. The monoisotopic (exact) mass is 362 g/mol. The lowest BCUT2D eigenvalue weighted by molar-refractivity contribution is -0.145. The molecule has 2 aromatic carbocycles. The number of hydrogen-bond acceptors (Lipinski definition) is 4. The minimum absolute atomic E-state index is 0.233. The number of aromatic nitrogens is 2. The predicted molar refractivity (Wildman–Crippen MR) is 101 cm³/mol. The first-order valence-corrected chi connectivity index (χ1v) is 9.12. The Bertz CT molecular complexity index is 880. The van der Waals surface area contributed by atoms with Gasteiger partial charge in [0, 0.05) is 18.8 Å². The number of ether oxygens (including phenoxy) is 1. The summed E-state index contributed by atoms with van der Waals surface area (Å²) in [5.41, 5.74) is 1.05. The van der Waals surface area contributed by atoms with Gasteiger partial charge in [0.1, 0.15) is 23.4 Å². The zero-order chi connectivity index (χ0) is 18.9. The molecule has 0 radical (unpaired) electrons. The van der Waals surface area contributed by atoms with Crippen LogP contribution < -0.4 is 0 Å². The average Bonchev–Trinajstić information content (AvgIpc) is 3.28. The van der Waals surface area contributed by atoms with Crippen molar-refractivity contribution in [3.63, 3.8) is 0 Å². The molecule has 0 saturated carbocycles. The van der Waals surface area contributed by atoms with Gasteiger partial charge >= 0.3 is 5.97 Å². The van der Waals surface area contributed by atoms with Crippen molar-refractivity contribution >= 4 is 5.97 Å². The van der Waals surface area contributed by atoms with E-state index in [0.29, 0.717) is 18.8 Å². The third-order valence-electron chi connectivity index (χ3n) is 5.21. The Morgan fingerprint density at radius 2 is 1.74 bits per heavy atom. The van der Waals surface area contributed by atoms with Gasteiger partial charge in [-0.3, -0.25) is 4.79 Å². The van der Waals surface area contributed by atoms with Crippen molar-refractivity contribution in [3.05, 3.63) is 90.0 Å². The Labute approximate surface area is 158 Å². The first-order chi connectivity index (χ1) is 13.1. The van der Waals surface area contributed by atoms with Gasteiger partial charge < -0.3 is 14.4 Å². The second-order valence-electron chi connectivity index (χ2n) is 6.98. The van der Waals surface area contributed by atoms with Gasteiger partial charge in [0.15, 0.2) is 0 Å². The molecule has 1 saturated heterocycles. The zero-order valence-corrected chi connectivity index (χ0v) is 15.2. The summed E-state index contributed by atoms with van der Waals surface area (Å²) in [6.45, 7) is 2.14. The average molecular weight is 362 g/mol. The lowest BCUT2D eigenvalue weighted by Crippen LogP contribution is -2.33. The molecule has 0 amide bonds. The molecular weight excluding hydrogens is 340 g/mol. The normalized spacial score (nSPS) is 19.6. The number of hydrogen-bond donors (Lipinski definition) is 1. The fourth-order valence-electron chi connectivity index (χ4n) is 3.97. The number of benzene rings is 2. The van der Waals surface area contributed by atoms with Gasteiger partial charge in [0.2, 0.25) is 0 Å². The summed E-state index contributed by atoms with van der Waals surface area (Å²) >= 11 is 0. The smallest absolute Gasteiger partial charge is 0.321 e. The summed E-state index contributed by atoms with van der Waals surface area (Å²) in [6, 6.07) is 19.6. The molecule has 4 rings (SSSR count). The van der Waals surface area contributed by atoms with Crippen LogP contribution >= 0.6 is 0 Å². The Hall–Kier alpha value is -2.92. The fourth-order valence-corrected chi connectivity index (χ4v) is 3.97. The summed E-state index contributed by atoms with van der Waals surface area (Å²) in [6.07, 6.45) is 3.02. The van der Waals surface area contributed by atoms with E-state index in [-0.39, 0.29) is 12.1 Å². The van der Waals surface area contributed by atoms with Gasteiger partial charge in [-0.2, -0.15) is 0 Å². The fraction of sp³-hybridized carbons (Fsp3) is 0.273. The molecule has 0 spiro atoms. The molecule has 138 valence electrons. The summed E-state index contributed by atoms with van der Waals surface area (Å²) < 4.78 is 7.68. The number of carbonyl (C=O) groups is 1. The van der Waals surface area contributed by atoms with Crippen molar-refractivity contribution < 1.29 is 14.6 Å². The highest BCUT2D eigenvalue weighted by Crippen LogP contribution is 2.43. The van der Waals surface area contributed by atoms with Crippen LogP contribution in [0.5, 0.6) is 0 Å². The number of esters is 1. The van der Waals surface area contributed by atoms with Crippen LogP contribution in [0.1, 0.15) is 36.4 Å². The molecule has 0 bridgehead atoms. The van der Waals surface area contributed by atoms with Crippen LogP contribution in [-0.2, 0) is 21.5 Å². The molecule has 2 atom stereocenters. The lowest BCUT2D eigenvalue weighted by Gasteiger charge is -2.26. The van der Waals surface area contributed by atoms with Crippen molar-refractivity contribution in [2.24, 2.45) is 0 Å². The maximum atomic E-state index is 13.2. The van der Waals surface area contributed by atoms with Crippen molar-refractivity contribution in [2.75, 3.05) is 0 Å². The second kappa shape index (κ2) is 7.00. The van der Waals surface area contributed by atoms with Gasteiger partial charge in [-0.25, -0.2) is 4.98 Å². The Balaban J connectivity index is 1.71. The van der Waals surface area contributed by atoms with Crippen LogP contribution in [-0.4, -0.2) is 26.7 Å². The minimum Gasteiger partial charge on any atom is -0.459 e. The molecular formula is C22H22N2O3. The molecule has 5 heteroatoms. The Morgan fingerprint density at radius 3 is 2.30 bits per heavy atom. The largest absolute Gasteiger partial charge is 0.459 e. The topological polar surface area (TPSA) is 64.4 Å². The second-order valence-corrected chi connectivity index (χ2v) is 6.98. The molecule has 0 aliphatic carbocycles. The number of carbonyl (C=O) groups excluding carboxylic acids is 1. The molecule has 1 aromatic heterocycles. The molecule has 1 aliphatic rings. The zero-order valence-electron chi connectivity index (χ0n) is 15.2. The standard InChI is InChI=1S/C22H22N2O3/c1-16(25)20-23-12-13-24(20)15-19-14-22(21(26)27-19,17-8-4-2-5-9-17)18-10-6-3-7-11-18/h2-13,16,19,25H,14-15H2,1H3. The van der Waals surface area contributed by atoms with Crippen molar-refractivity contribution in [3.8, 4) is 0 Å². The van der Waals surface area contributed by atoms with Crippen LogP contribution in [0.3, 0.4) is 0 Å². The highest BCUT2D eigenvalue weighted by molar-refractivity contribution is 5.89. The third-order valence-corrected chi connectivity index (χ3v) is 5.21. The number of rotatable bonds is 5. The first kappa shape index (κ1) is 17.5. The van der Waals surface area contributed by atoms with Gasteiger partial charge in [-0.1, -0.05) is 60.7 Å². The predicted octanol–water partition coefficient (Wildman–Crippen LogP) is 3.24. The van der Waals surface area contributed by atoms with E-state index in [1.165, 1.54) is 0 Å². The van der Waals surface area contributed by atoms with E-state index in [1.54, 1.807) is 19.3 Å². The third kappa shape index (κ3) is 3.04. The Kier molecular flexibility index (Phi) is 4.54. The Morgan fingerprint density at radius 1 is 1.15 bits per heavy atom. The van der Waals surface area contributed by atoms with Crippen molar-refractivity contribution in [2.45, 2.75) is 37.5 Å². The number of aliphatic hydroxyl groups is 1. The van der Waals surface area contributed by atoms with Crippen LogP contribution in [0, 0.1) is 0 Å². The number of aliphatic hydroxyl groups excluding tert-OH is 1. The van der Waals surface area contributed by atoms with Crippen LogP contribution in [0.4, 0.5) is 0 Å². The van der Waals surface area contributed by atoms with E-state index >= 15 is 0 Å². The highest BCUT2D eigenvalue weighted by atomic mass is 16.6. The number of cyclic esters (lactones) is 1. The molecule has 5 nitrogen and oxygen atoms in total. The van der Waals surface area contributed by atoms with E-state index in [4.69, 9.17) is 4.74 Å². The van der Waals surface area contributed by atoms with Gasteiger partial charge in [0.25, 0.3) is 0 Å². The van der Waals surface area contributed by atoms with Gasteiger partial charge in [0.05, 0.1) is 6.54 Å². The summed E-state index contributed by atoms with van der Waals surface area (Å²) in [5, 5.41) is 9.89. The van der Waals surface area contributed by atoms with Gasteiger partial charge in [-0.15, -0.1) is 0 Å². The maximum absolute atomic E-state index is 13.2. The molecule has 1 N–H and O–H groups in total. The minimum atomic E-state index is -0.821. The van der Waals surface area contributed by atoms with Crippen LogP contribution in [0.2, 0.25) is 0 Å². The summed E-state index contributed by atoms with van der Waals surface area (Å²) in [5.74, 6) is 0.339. The van der Waals surface area contributed by atoms with Crippen molar-refractivity contribution in [1.82, 2.24) is 9.55 Å². The maximum Gasteiger partial charge on any atom is 0.321 e. The molecule has 27 heavy (non-hydrogen) atoms. The molecule has 1 aliphatic heterocycles.